The van der Waals surface area contributed by atoms with Crippen molar-refractivity contribution in [3.05, 3.63) is 12.2 Å². The average molecular weight is 371 g/mol. The molecule has 0 bridgehead atoms. The highest BCUT2D eigenvalue weighted by atomic mass is 32.1. The summed E-state index contributed by atoms with van der Waals surface area (Å²) in [7, 11) is 0. The summed E-state index contributed by atoms with van der Waals surface area (Å²) in [6, 6.07) is 0. The third-order valence-electron chi connectivity index (χ3n) is 4.27. The molecule has 148 valence electrons. The Morgan fingerprint density at radius 2 is 1.52 bits per heavy atom. The summed E-state index contributed by atoms with van der Waals surface area (Å²) in [5.41, 5.74) is 0. The average Bonchev–Trinajstić information content (AvgIpc) is 2.51. The van der Waals surface area contributed by atoms with Gasteiger partial charge in [0.05, 0.1) is 6.42 Å². The zero-order valence-electron chi connectivity index (χ0n) is 17.2. The topological polar surface area (TPSA) is 26.3 Å². The summed E-state index contributed by atoms with van der Waals surface area (Å²) in [6.07, 6.45) is 19.2. The summed E-state index contributed by atoms with van der Waals surface area (Å²) >= 11 is 4.44. The Morgan fingerprint density at radius 3 is 2.16 bits per heavy atom. The van der Waals surface area contributed by atoms with E-state index in [0.717, 1.165) is 38.5 Å². The largest absolute Gasteiger partial charge is 0.462 e. The molecule has 0 amide bonds. The Balaban J connectivity index is 4.18. The SMILES string of the molecule is CCC/C=C/CCCC(CCCCCCCC)OC(=O)CC(C)(C)S. The fourth-order valence-corrected chi connectivity index (χ4v) is 2.99. The molecule has 1 atom stereocenters. The molecule has 2 nitrogen and oxygen atoms in total. The number of rotatable bonds is 16. The molecule has 0 aliphatic rings. The lowest BCUT2D eigenvalue weighted by atomic mass is 10.0. The van der Waals surface area contributed by atoms with Gasteiger partial charge in [0, 0.05) is 4.75 Å². The standard InChI is InChI=1S/C22H42O2S/c1-5-7-9-11-13-15-17-20(18-16-14-12-10-8-6-2)24-21(23)19-22(3,4)25/h9,11,20,25H,5-8,10,12-19H2,1-4H3/b11-9+. The number of carbonyl (C=O) groups excluding carboxylic acids is 1. The van der Waals surface area contributed by atoms with Gasteiger partial charge in [0.25, 0.3) is 0 Å². The normalized spacial score (nSPS) is 13.3. The van der Waals surface area contributed by atoms with E-state index in [1.807, 2.05) is 13.8 Å². The number of hydrogen-bond acceptors (Lipinski definition) is 3. The van der Waals surface area contributed by atoms with E-state index in [0.29, 0.717) is 6.42 Å². The Labute approximate surface area is 162 Å². The molecule has 0 aromatic carbocycles. The Kier molecular flexibility index (Phi) is 15.5. The van der Waals surface area contributed by atoms with E-state index in [2.05, 4.69) is 38.6 Å². The lowest BCUT2D eigenvalue weighted by Gasteiger charge is -2.21. The Morgan fingerprint density at radius 1 is 0.920 bits per heavy atom. The van der Waals surface area contributed by atoms with E-state index in [1.54, 1.807) is 0 Å². The maximum Gasteiger partial charge on any atom is 0.307 e. The molecular weight excluding hydrogens is 328 g/mol. The first-order chi connectivity index (χ1) is 11.9. The van der Waals surface area contributed by atoms with Crippen LogP contribution in [0.4, 0.5) is 0 Å². The lowest BCUT2D eigenvalue weighted by Crippen LogP contribution is -2.24. The molecule has 3 heteroatoms. The van der Waals surface area contributed by atoms with Gasteiger partial charge in [-0.15, -0.1) is 0 Å². The predicted molar refractivity (Wildman–Crippen MR) is 113 cm³/mol. The maximum atomic E-state index is 12.1. The first kappa shape index (κ1) is 24.6. The van der Waals surface area contributed by atoms with Crippen LogP contribution in [0.5, 0.6) is 0 Å². The first-order valence-electron chi connectivity index (χ1n) is 10.5. The van der Waals surface area contributed by atoms with Gasteiger partial charge >= 0.3 is 5.97 Å². The van der Waals surface area contributed by atoms with Crippen molar-refractivity contribution in [1.29, 1.82) is 0 Å². The monoisotopic (exact) mass is 370 g/mol. The van der Waals surface area contributed by atoms with E-state index < -0.39 is 0 Å². The smallest absolute Gasteiger partial charge is 0.307 e. The van der Waals surface area contributed by atoms with Crippen molar-refractivity contribution in [3.8, 4) is 0 Å². The molecule has 0 aliphatic heterocycles. The summed E-state index contributed by atoms with van der Waals surface area (Å²) in [5, 5.41) is 0. The van der Waals surface area contributed by atoms with E-state index in [-0.39, 0.29) is 16.8 Å². The molecule has 0 saturated carbocycles. The molecule has 25 heavy (non-hydrogen) atoms. The van der Waals surface area contributed by atoms with Crippen molar-refractivity contribution in [2.45, 2.75) is 122 Å². The molecule has 0 heterocycles. The van der Waals surface area contributed by atoms with Crippen LogP contribution in [0.15, 0.2) is 12.2 Å². The van der Waals surface area contributed by atoms with E-state index >= 15 is 0 Å². The van der Waals surface area contributed by atoms with Crippen LogP contribution >= 0.6 is 12.6 Å². The number of allylic oxidation sites excluding steroid dienone is 2. The summed E-state index contributed by atoms with van der Waals surface area (Å²) < 4.78 is 5.47. The maximum absolute atomic E-state index is 12.1. The molecular formula is C22H42O2S. The van der Waals surface area contributed by atoms with Crippen molar-refractivity contribution in [1.82, 2.24) is 0 Å². The zero-order chi connectivity index (χ0) is 19.0. The van der Waals surface area contributed by atoms with Gasteiger partial charge in [0.2, 0.25) is 0 Å². The van der Waals surface area contributed by atoms with Crippen molar-refractivity contribution in [2.75, 3.05) is 0 Å². The van der Waals surface area contributed by atoms with Gasteiger partial charge in [-0.3, -0.25) is 4.79 Å². The van der Waals surface area contributed by atoms with Gasteiger partial charge < -0.3 is 4.74 Å². The van der Waals surface area contributed by atoms with Crippen LogP contribution < -0.4 is 0 Å². The molecule has 0 fully saturated rings. The minimum Gasteiger partial charge on any atom is -0.462 e. The van der Waals surface area contributed by atoms with E-state index in [4.69, 9.17) is 4.74 Å². The third-order valence-corrected chi connectivity index (χ3v) is 4.43. The van der Waals surface area contributed by atoms with Crippen LogP contribution in [0.1, 0.15) is 111 Å². The van der Waals surface area contributed by atoms with E-state index in [9.17, 15) is 4.79 Å². The minimum absolute atomic E-state index is 0.0777. The molecule has 0 aromatic rings. The number of hydrogen-bond donors (Lipinski definition) is 1. The third kappa shape index (κ3) is 18.2. The molecule has 0 aromatic heterocycles. The van der Waals surface area contributed by atoms with Crippen LogP contribution in [-0.4, -0.2) is 16.8 Å². The number of thiol groups is 1. The van der Waals surface area contributed by atoms with Crippen LogP contribution in [0, 0.1) is 0 Å². The lowest BCUT2D eigenvalue weighted by molar-refractivity contribution is -0.150. The van der Waals surface area contributed by atoms with Crippen molar-refractivity contribution < 1.29 is 9.53 Å². The van der Waals surface area contributed by atoms with Crippen molar-refractivity contribution in [2.24, 2.45) is 0 Å². The zero-order valence-corrected chi connectivity index (χ0v) is 18.1. The fraction of sp³-hybridized carbons (Fsp3) is 0.864. The summed E-state index contributed by atoms with van der Waals surface area (Å²) in [5.74, 6) is -0.0995. The van der Waals surface area contributed by atoms with E-state index in [1.165, 1.54) is 38.5 Å². The number of carbonyl (C=O) groups is 1. The summed E-state index contributed by atoms with van der Waals surface area (Å²) in [6.45, 7) is 8.36. The number of unbranched alkanes of at least 4 members (excludes halogenated alkanes) is 7. The second-order valence-electron chi connectivity index (χ2n) is 7.85. The van der Waals surface area contributed by atoms with Gasteiger partial charge in [0.1, 0.15) is 6.10 Å². The van der Waals surface area contributed by atoms with Gasteiger partial charge in [-0.1, -0.05) is 78.4 Å². The van der Waals surface area contributed by atoms with Crippen molar-refractivity contribution >= 4 is 18.6 Å². The van der Waals surface area contributed by atoms with Crippen molar-refractivity contribution in [3.63, 3.8) is 0 Å². The molecule has 1 unspecified atom stereocenters. The van der Waals surface area contributed by atoms with Gasteiger partial charge in [-0.25, -0.2) is 0 Å². The second-order valence-corrected chi connectivity index (χ2v) is 9.06. The van der Waals surface area contributed by atoms with Crippen LogP contribution in [0.3, 0.4) is 0 Å². The Hall–Kier alpha value is -0.440. The molecule has 0 rings (SSSR count). The molecule has 0 N–H and O–H groups in total. The molecule has 0 radical (unpaired) electrons. The molecule has 0 aliphatic carbocycles. The molecule has 0 saturated heterocycles. The molecule has 0 spiro atoms. The highest BCUT2D eigenvalue weighted by molar-refractivity contribution is 7.81. The van der Waals surface area contributed by atoms with Gasteiger partial charge in [-0.2, -0.15) is 12.6 Å². The number of ether oxygens (including phenoxy) is 1. The minimum atomic E-state index is -0.301. The quantitative estimate of drug-likeness (QED) is 0.134. The highest BCUT2D eigenvalue weighted by Crippen LogP contribution is 2.21. The summed E-state index contributed by atoms with van der Waals surface area (Å²) in [4.78, 5) is 12.1. The van der Waals surface area contributed by atoms with Gasteiger partial charge in [-0.05, 0) is 38.5 Å². The second kappa shape index (κ2) is 15.8. The highest BCUT2D eigenvalue weighted by Gasteiger charge is 2.21. The van der Waals surface area contributed by atoms with Crippen LogP contribution in [0.25, 0.3) is 0 Å². The number of esters is 1. The predicted octanol–water partition coefficient (Wildman–Crippen LogP) is 7.27. The van der Waals surface area contributed by atoms with Crippen LogP contribution in [-0.2, 0) is 9.53 Å². The van der Waals surface area contributed by atoms with Gasteiger partial charge in [0.15, 0.2) is 0 Å². The fourth-order valence-electron chi connectivity index (χ4n) is 2.86. The Bertz CT molecular complexity index is 344. The first-order valence-corrected chi connectivity index (χ1v) is 10.9. The van der Waals surface area contributed by atoms with Crippen LogP contribution in [0.2, 0.25) is 0 Å².